The molecule has 0 bridgehead atoms. The maximum Gasteiger partial charge on any atom is 0.404 e. The molecule has 2 aromatic carbocycles. The fraction of sp³-hybridized carbons (Fsp3) is 0.481. The highest BCUT2D eigenvalue weighted by Gasteiger charge is 2.22. The normalized spacial score (nSPS) is 15.8. The van der Waals surface area contributed by atoms with Gasteiger partial charge in [-0.2, -0.15) is 0 Å². The molecule has 0 spiro atoms. The van der Waals surface area contributed by atoms with Crippen LogP contribution >= 0.6 is 11.6 Å². The second-order valence-electron chi connectivity index (χ2n) is 9.21. The third kappa shape index (κ3) is 8.47. The molecule has 1 aliphatic rings. The standard InChI is InChI=1S/C27H35ClFN3O4/c1-30-22(14-18-6-3-2-4-7-18)17-32-26(33)23-16-20(10-11-24(23)29)25(36-13-12-31-27(34)35)19-8-5-9-21(28)15-19/h5,8-11,15-16,18,22,25,30-31H,2-4,6-7,12-14,17H2,1H3,(H,32,33)(H,34,35)/t22-,25?/m0/s1. The van der Waals surface area contributed by atoms with Gasteiger partial charge in [-0.15, -0.1) is 0 Å². The van der Waals surface area contributed by atoms with Gasteiger partial charge in [0, 0.05) is 24.2 Å². The number of likely N-dealkylation sites (N-methyl/N-ethyl adjacent to an activating group) is 1. The zero-order valence-corrected chi connectivity index (χ0v) is 21.3. The Morgan fingerprint density at radius 3 is 2.56 bits per heavy atom. The van der Waals surface area contributed by atoms with E-state index in [0.29, 0.717) is 28.6 Å². The van der Waals surface area contributed by atoms with Crippen LogP contribution in [0.1, 0.15) is 66.1 Å². The highest BCUT2D eigenvalue weighted by atomic mass is 35.5. The van der Waals surface area contributed by atoms with E-state index in [2.05, 4.69) is 16.0 Å². The Morgan fingerprint density at radius 2 is 1.86 bits per heavy atom. The van der Waals surface area contributed by atoms with Crippen molar-refractivity contribution >= 4 is 23.6 Å². The second kappa shape index (κ2) is 14.2. The van der Waals surface area contributed by atoms with Gasteiger partial charge in [0.1, 0.15) is 11.9 Å². The van der Waals surface area contributed by atoms with Gasteiger partial charge in [-0.1, -0.05) is 61.9 Å². The van der Waals surface area contributed by atoms with Crippen molar-refractivity contribution in [2.75, 3.05) is 26.7 Å². The molecule has 1 saturated carbocycles. The lowest BCUT2D eigenvalue weighted by atomic mass is 9.85. The highest BCUT2D eigenvalue weighted by molar-refractivity contribution is 6.30. The molecule has 2 aromatic rings. The van der Waals surface area contributed by atoms with E-state index in [9.17, 15) is 14.0 Å². The van der Waals surface area contributed by atoms with Gasteiger partial charge in [0.05, 0.1) is 12.2 Å². The largest absolute Gasteiger partial charge is 0.465 e. The lowest BCUT2D eigenvalue weighted by Crippen LogP contribution is -2.40. The first-order valence-corrected chi connectivity index (χ1v) is 12.8. The van der Waals surface area contributed by atoms with Crippen molar-refractivity contribution in [1.29, 1.82) is 0 Å². The molecule has 2 amide bonds. The van der Waals surface area contributed by atoms with Gasteiger partial charge < -0.3 is 25.8 Å². The molecule has 1 unspecified atom stereocenters. The molecular formula is C27H35ClFN3O4. The molecule has 196 valence electrons. The van der Waals surface area contributed by atoms with Crippen LogP contribution in [0, 0.1) is 11.7 Å². The van der Waals surface area contributed by atoms with Crippen molar-refractivity contribution in [3.8, 4) is 0 Å². The monoisotopic (exact) mass is 519 g/mol. The number of benzene rings is 2. The summed E-state index contributed by atoms with van der Waals surface area (Å²) >= 11 is 6.16. The van der Waals surface area contributed by atoms with Crippen LogP contribution in [0.5, 0.6) is 0 Å². The predicted octanol–water partition coefficient (Wildman–Crippen LogP) is 5.14. The van der Waals surface area contributed by atoms with Gasteiger partial charge in [0.25, 0.3) is 5.91 Å². The Kier molecular flexibility index (Phi) is 11.0. The number of carbonyl (C=O) groups excluding carboxylic acids is 1. The molecule has 36 heavy (non-hydrogen) atoms. The zero-order valence-electron chi connectivity index (χ0n) is 20.6. The van der Waals surface area contributed by atoms with Gasteiger partial charge in [0.15, 0.2) is 0 Å². The summed E-state index contributed by atoms with van der Waals surface area (Å²) in [5, 5.41) is 17.7. The maximum absolute atomic E-state index is 14.7. The number of hydrogen-bond donors (Lipinski definition) is 4. The van der Waals surface area contributed by atoms with Crippen molar-refractivity contribution < 1.29 is 23.8 Å². The predicted molar refractivity (Wildman–Crippen MR) is 138 cm³/mol. The second-order valence-corrected chi connectivity index (χ2v) is 9.65. The third-order valence-electron chi connectivity index (χ3n) is 6.61. The third-order valence-corrected chi connectivity index (χ3v) is 6.85. The van der Waals surface area contributed by atoms with Crippen LogP contribution in [0.25, 0.3) is 0 Å². The fourth-order valence-electron chi connectivity index (χ4n) is 4.71. The molecule has 1 fully saturated rings. The lowest BCUT2D eigenvalue weighted by molar-refractivity contribution is 0.0812. The Morgan fingerprint density at radius 1 is 1.11 bits per heavy atom. The van der Waals surface area contributed by atoms with Crippen molar-refractivity contribution in [1.82, 2.24) is 16.0 Å². The molecule has 3 rings (SSSR count). The number of carboxylic acid groups (broad SMARTS) is 1. The van der Waals surface area contributed by atoms with Crippen LogP contribution in [0.4, 0.5) is 9.18 Å². The summed E-state index contributed by atoms with van der Waals surface area (Å²) in [5.41, 5.74) is 1.20. The molecule has 0 heterocycles. The number of carbonyl (C=O) groups is 2. The van der Waals surface area contributed by atoms with Crippen molar-refractivity contribution in [3.05, 3.63) is 70.0 Å². The summed E-state index contributed by atoms with van der Waals surface area (Å²) in [6.45, 7) is 0.561. The average molecular weight is 520 g/mol. The van der Waals surface area contributed by atoms with Gasteiger partial charge in [-0.05, 0) is 54.8 Å². The molecule has 1 aliphatic carbocycles. The van der Waals surface area contributed by atoms with Gasteiger partial charge in [0.2, 0.25) is 0 Å². The van der Waals surface area contributed by atoms with Crippen LogP contribution in [-0.2, 0) is 4.74 Å². The quantitative estimate of drug-likeness (QED) is 0.291. The summed E-state index contributed by atoms with van der Waals surface area (Å²) in [6.07, 6.45) is 5.41. The molecule has 0 aromatic heterocycles. The minimum Gasteiger partial charge on any atom is -0.465 e. The van der Waals surface area contributed by atoms with E-state index in [1.807, 2.05) is 13.1 Å². The first-order valence-electron chi connectivity index (χ1n) is 12.5. The van der Waals surface area contributed by atoms with Crippen molar-refractivity contribution in [2.45, 2.75) is 50.7 Å². The Bertz CT molecular complexity index is 1020. The van der Waals surface area contributed by atoms with Crippen LogP contribution in [0.3, 0.4) is 0 Å². The Hall–Kier alpha value is -2.68. The fourth-order valence-corrected chi connectivity index (χ4v) is 4.91. The summed E-state index contributed by atoms with van der Waals surface area (Å²) in [5.74, 6) is -0.461. The van der Waals surface area contributed by atoms with E-state index in [-0.39, 0.29) is 24.8 Å². The number of ether oxygens (including phenoxy) is 1. The highest BCUT2D eigenvalue weighted by Crippen LogP contribution is 2.30. The Labute approximate surface area is 216 Å². The van der Waals surface area contributed by atoms with E-state index in [1.165, 1.54) is 44.2 Å². The van der Waals surface area contributed by atoms with Gasteiger partial charge in [-0.3, -0.25) is 4.79 Å². The molecule has 4 N–H and O–H groups in total. The average Bonchev–Trinajstić information content (AvgIpc) is 2.87. The first kappa shape index (κ1) is 27.9. The molecule has 0 aliphatic heterocycles. The van der Waals surface area contributed by atoms with Crippen molar-refractivity contribution in [3.63, 3.8) is 0 Å². The number of halogens is 2. The minimum atomic E-state index is -1.15. The van der Waals surface area contributed by atoms with E-state index < -0.39 is 23.9 Å². The first-order chi connectivity index (χ1) is 17.4. The van der Waals surface area contributed by atoms with E-state index in [1.54, 1.807) is 24.3 Å². The molecule has 9 heteroatoms. The summed E-state index contributed by atoms with van der Waals surface area (Å²) in [4.78, 5) is 23.7. The molecule has 0 radical (unpaired) electrons. The number of amides is 2. The number of rotatable bonds is 12. The van der Waals surface area contributed by atoms with Crippen molar-refractivity contribution in [2.24, 2.45) is 5.92 Å². The Balaban J connectivity index is 1.72. The topological polar surface area (TPSA) is 99.7 Å². The summed E-state index contributed by atoms with van der Waals surface area (Å²) in [6, 6.07) is 11.4. The lowest BCUT2D eigenvalue weighted by Gasteiger charge is -2.26. The summed E-state index contributed by atoms with van der Waals surface area (Å²) < 4.78 is 20.7. The van der Waals surface area contributed by atoms with Gasteiger partial charge in [-0.25, -0.2) is 9.18 Å². The smallest absolute Gasteiger partial charge is 0.404 e. The summed E-state index contributed by atoms with van der Waals surface area (Å²) in [7, 11) is 1.88. The van der Waals surface area contributed by atoms with Crippen LogP contribution in [0.2, 0.25) is 5.02 Å². The maximum atomic E-state index is 14.7. The van der Waals surface area contributed by atoms with E-state index >= 15 is 0 Å². The molecule has 2 atom stereocenters. The van der Waals surface area contributed by atoms with E-state index in [4.69, 9.17) is 21.4 Å². The van der Waals surface area contributed by atoms with Crippen LogP contribution in [0.15, 0.2) is 42.5 Å². The molecular weight excluding hydrogens is 485 g/mol. The number of nitrogens with one attached hydrogen (secondary N) is 3. The number of hydrogen-bond acceptors (Lipinski definition) is 4. The SMILES string of the molecule is CN[C@H](CNC(=O)c1cc(C(OCCNC(=O)O)c2cccc(Cl)c2)ccc1F)CC1CCCCC1. The molecule has 0 saturated heterocycles. The minimum absolute atomic E-state index is 0.0701. The van der Waals surface area contributed by atoms with E-state index in [0.717, 1.165) is 6.42 Å². The van der Waals surface area contributed by atoms with Crippen LogP contribution in [-0.4, -0.2) is 49.9 Å². The van der Waals surface area contributed by atoms with Crippen LogP contribution < -0.4 is 16.0 Å². The zero-order chi connectivity index (χ0) is 25.9. The van der Waals surface area contributed by atoms with Gasteiger partial charge >= 0.3 is 6.09 Å². The molecule has 7 nitrogen and oxygen atoms in total.